The van der Waals surface area contributed by atoms with Crippen LogP contribution in [-0.2, 0) is 0 Å². The monoisotopic (exact) mass is 426 g/mol. The molecule has 0 saturated heterocycles. The van der Waals surface area contributed by atoms with Crippen molar-refractivity contribution < 1.29 is 5.11 Å². The van der Waals surface area contributed by atoms with E-state index in [0.717, 1.165) is 36.5 Å². The Morgan fingerprint density at radius 3 is 2.35 bits per heavy atom. The lowest BCUT2D eigenvalue weighted by Crippen LogP contribution is -2.51. The quantitative estimate of drug-likeness (QED) is 0.448. The highest BCUT2D eigenvalue weighted by Gasteiger charge is 2.62. The minimum Gasteiger partial charge on any atom is -0.393 e. The highest BCUT2D eigenvalue weighted by molar-refractivity contribution is 5.38. The van der Waals surface area contributed by atoms with E-state index in [2.05, 4.69) is 41.5 Å². The van der Waals surface area contributed by atoms with Crippen molar-refractivity contribution in [2.45, 2.75) is 131 Å². The maximum atomic E-state index is 9.66. The molecule has 0 bridgehead atoms. The molecule has 0 aromatic carbocycles. The fourth-order valence-electron chi connectivity index (χ4n) is 10.4. The lowest BCUT2D eigenvalue weighted by Gasteiger charge is -2.61. The molecule has 5 rings (SSSR count). The molecule has 5 aliphatic rings. The van der Waals surface area contributed by atoms with Gasteiger partial charge in [0.25, 0.3) is 0 Å². The summed E-state index contributed by atoms with van der Waals surface area (Å²) in [5, 5.41) is 9.66. The van der Waals surface area contributed by atoms with E-state index in [1.54, 1.807) is 0 Å². The number of allylic oxidation sites excluding steroid dienone is 2. The summed E-state index contributed by atoms with van der Waals surface area (Å²) in [4.78, 5) is 0. The van der Waals surface area contributed by atoms with Crippen LogP contribution in [0.25, 0.3) is 0 Å². The van der Waals surface area contributed by atoms with Gasteiger partial charge in [-0.15, -0.1) is 0 Å². The normalized spacial score (nSPS) is 49.6. The lowest BCUT2D eigenvalue weighted by atomic mass is 9.43. The molecule has 1 heteroatoms. The summed E-state index contributed by atoms with van der Waals surface area (Å²) in [6, 6.07) is 0. The van der Waals surface area contributed by atoms with Crippen LogP contribution >= 0.6 is 0 Å². The molecule has 176 valence electrons. The molecule has 0 aliphatic heterocycles. The maximum Gasteiger partial charge on any atom is 0.0545 e. The van der Waals surface area contributed by atoms with Gasteiger partial charge in [0, 0.05) is 0 Å². The van der Waals surface area contributed by atoms with E-state index in [4.69, 9.17) is 0 Å². The number of hydrogen-bond acceptors (Lipinski definition) is 1. The Hall–Kier alpha value is -0.300. The van der Waals surface area contributed by atoms with Crippen LogP contribution in [0.15, 0.2) is 11.1 Å². The SMILES string of the molecule is C[C@H](CCC1CC(O)C1)C1CCC2(C)C3=C(CCC12C)C1(C)CCCC(C)(C)C1CC3. The summed E-state index contributed by atoms with van der Waals surface area (Å²) in [7, 11) is 0. The first kappa shape index (κ1) is 22.5. The molecule has 0 amide bonds. The van der Waals surface area contributed by atoms with Crippen LogP contribution in [-0.4, -0.2) is 11.2 Å². The van der Waals surface area contributed by atoms with Gasteiger partial charge >= 0.3 is 0 Å². The lowest BCUT2D eigenvalue weighted by molar-refractivity contribution is -0.0212. The average molecular weight is 427 g/mol. The van der Waals surface area contributed by atoms with Crippen molar-refractivity contribution in [3.05, 3.63) is 11.1 Å². The van der Waals surface area contributed by atoms with E-state index in [0.29, 0.717) is 21.7 Å². The van der Waals surface area contributed by atoms with Crippen LogP contribution < -0.4 is 0 Å². The van der Waals surface area contributed by atoms with Gasteiger partial charge in [0.05, 0.1) is 6.10 Å². The Balaban J connectivity index is 1.39. The molecular weight excluding hydrogens is 376 g/mol. The molecule has 3 saturated carbocycles. The van der Waals surface area contributed by atoms with E-state index in [1.165, 1.54) is 70.6 Å². The highest BCUT2D eigenvalue weighted by Crippen LogP contribution is 2.72. The molecule has 0 heterocycles. The first-order chi connectivity index (χ1) is 14.5. The highest BCUT2D eigenvalue weighted by atomic mass is 16.3. The largest absolute Gasteiger partial charge is 0.393 e. The summed E-state index contributed by atoms with van der Waals surface area (Å²) < 4.78 is 0. The van der Waals surface area contributed by atoms with Crippen molar-refractivity contribution in [2.75, 3.05) is 0 Å². The fourth-order valence-corrected chi connectivity index (χ4v) is 10.4. The second kappa shape index (κ2) is 7.35. The maximum absolute atomic E-state index is 9.66. The van der Waals surface area contributed by atoms with Gasteiger partial charge in [0.2, 0.25) is 0 Å². The standard InChI is InChI=1S/C30H50O/c1-20(8-9-21-18-22(31)19-21)23-12-16-30(6)25-10-11-26-27(2,3)14-7-15-28(26,4)24(25)13-17-29(23,30)5/h20-23,26,31H,7-19H2,1-6H3/t20-,21?,22?,23?,26?,28?,29?,30?/m1/s1. The van der Waals surface area contributed by atoms with Crippen molar-refractivity contribution >= 4 is 0 Å². The molecule has 1 nitrogen and oxygen atoms in total. The molecule has 3 fully saturated rings. The van der Waals surface area contributed by atoms with E-state index >= 15 is 0 Å². The van der Waals surface area contributed by atoms with Crippen molar-refractivity contribution in [3.8, 4) is 0 Å². The zero-order valence-electron chi connectivity index (χ0n) is 21.5. The van der Waals surface area contributed by atoms with E-state index in [9.17, 15) is 5.11 Å². The zero-order chi connectivity index (χ0) is 22.2. The Kier molecular flexibility index (Phi) is 5.33. The van der Waals surface area contributed by atoms with Crippen LogP contribution in [0.2, 0.25) is 0 Å². The number of hydrogen-bond donors (Lipinski definition) is 1. The summed E-state index contributed by atoms with van der Waals surface area (Å²) in [6.07, 6.45) is 17.7. The van der Waals surface area contributed by atoms with Crippen LogP contribution in [0.5, 0.6) is 0 Å². The van der Waals surface area contributed by atoms with Gasteiger partial charge in [0.1, 0.15) is 0 Å². The van der Waals surface area contributed by atoms with Gasteiger partial charge in [-0.05, 0) is 116 Å². The average Bonchev–Trinajstić information content (AvgIpc) is 2.95. The van der Waals surface area contributed by atoms with Gasteiger partial charge in [-0.2, -0.15) is 0 Å². The second-order valence-corrected chi connectivity index (χ2v) is 14.2. The van der Waals surface area contributed by atoms with E-state index < -0.39 is 0 Å². The molecule has 0 spiro atoms. The van der Waals surface area contributed by atoms with Crippen LogP contribution in [0, 0.1) is 45.3 Å². The molecule has 0 radical (unpaired) electrons. The van der Waals surface area contributed by atoms with Gasteiger partial charge < -0.3 is 5.11 Å². The topological polar surface area (TPSA) is 20.2 Å². The second-order valence-electron chi connectivity index (χ2n) is 14.2. The molecule has 5 aliphatic carbocycles. The summed E-state index contributed by atoms with van der Waals surface area (Å²) in [6.45, 7) is 15.8. The molecule has 5 unspecified atom stereocenters. The predicted octanol–water partition coefficient (Wildman–Crippen LogP) is 8.31. The molecular formula is C30H50O. The van der Waals surface area contributed by atoms with Gasteiger partial charge in [-0.25, -0.2) is 0 Å². The summed E-state index contributed by atoms with van der Waals surface area (Å²) in [5.74, 6) is 3.44. The van der Waals surface area contributed by atoms with Crippen molar-refractivity contribution in [2.24, 2.45) is 45.3 Å². The summed E-state index contributed by atoms with van der Waals surface area (Å²) >= 11 is 0. The van der Waals surface area contributed by atoms with Crippen LogP contribution in [0.3, 0.4) is 0 Å². The Morgan fingerprint density at radius 1 is 0.903 bits per heavy atom. The predicted molar refractivity (Wildman–Crippen MR) is 131 cm³/mol. The van der Waals surface area contributed by atoms with Crippen LogP contribution in [0.1, 0.15) is 125 Å². The van der Waals surface area contributed by atoms with E-state index in [1.807, 2.05) is 11.1 Å². The minimum absolute atomic E-state index is 0.0116. The molecule has 1 N–H and O–H groups in total. The van der Waals surface area contributed by atoms with Gasteiger partial charge in [-0.1, -0.05) is 65.5 Å². The summed E-state index contributed by atoms with van der Waals surface area (Å²) in [5.41, 5.74) is 5.85. The first-order valence-corrected chi connectivity index (χ1v) is 13.9. The number of fused-ring (bicyclic) bond motifs is 4. The number of aliphatic hydroxyl groups excluding tert-OH is 1. The van der Waals surface area contributed by atoms with Crippen LogP contribution in [0.4, 0.5) is 0 Å². The third kappa shape index (κ3) is 3.18. The Bertz CT molecular complexity index is 742. The minimum atomic E-state index is 0.0116. The van der Waals surface area contributed by atoms with E-state index in [-0.39, 0.29) is 6.10 Å². The Morgan fingerprint density at radius 2 is 1.65 bits per heavy atom. The van der Waals surface area contributed by atoms with Gasteiger partial charge in [-0.3, -0.25) is 0 Å². The Labute approximate surface area is 192 Å². The first-order valence-electron chi connectivity index (χ1n) is 13.9. The number of aliphatic hydroxyl groups is 1. The molecule has 0 aromatic heterocycles. The zero-order valence-corrected chi connectivity index (χ0v) is 21.5. The van der Waals surface area contributed by atoms with Crippen molar-refractivity contribution in [1.82, 2.24) is 0 Å². The molecule has 6 atom stereocenters. The number of rotatable bonds is 4. The molecule has 0 aromatic rings. The third-order valence-electron chi connectivity index (χ3n) is 12.5. The molecule has 31 heavy (non-hydrogen) atoms. The smallest absolute Gasteiger partial charge is 0.0545 e. The van der Waals surface area contributed by atoms with Gasteiger partial charge in [0.15, 0.2) is 0 Å². The third-order valence-corrected chi connectivity index (χ3v) is 12.5. The fraction of sp³-hybridized carbons (Fsp3) is 0.933. The van der Waals surface area contributed by atoms with Crippen molar-refractivity contribution in [3.63, 3.8) is 0 Å². The van der Waals surface area contributed by atoms with Crippen molar-refractivity contribution in [1.29, 1.82) is 0 Å².